The van der Waals surface area contributed by atoms with E-state index in [9.17, 15) is 0 Å². The first-order valence-electron chi connectivity index (χ1n) is 7.82. The molecule has 0 radical (unpaired) electrons. The maximum absolute atomic E-state index is 4.93. The molecular weight excluding hydrogens is 246 g/mol. The predicted molar refractivity (Wildman–Crippen MR) is 81.7 cm³/mol. The number of aryl methyl sites for hydroxylation is 1. The van der Waals surface area contributed by atoms with Crippen LogP contribution in [0.2, 0.25) is 0 Å². The highest BCUT2D eigenvalue weighted by Crippen LogP contribution is 2.41. The van der Waals surface area contributed by atoms with Gasteiger partial charge in [-0.3, -0.25) is 0 Å². The number of rotatable bonds is 3. The summed E-state index contributed by atoms with van der Waals surface area (Å²) in [6, 6.07) is 8.80. The van der Waals surface area contributed by atoms with Gasteiger partial charge >= 0.3 is 0 Å². The van der Waals surface area contributed by atoms with Crippen molar-refractivity contribution in [2.75, 3.05) is 11.9 Å². The van der Waals surface area contributed by atoms with Gasteiger partial charge in [0.05, 0.1) is 11.4 Å². The first kappa shape index (κ1) is 12.0. The van der Waals surface area contributed by atoms with Crippen molar-refractivity contribution in [3.63, 3.8) is 0 Å². The maximum Gasteiger partial charge on any atom is 0.133 e. The SMILES string of the molecule is CCc1ccc(-n2nc(C3CCC3)c3c2NCC3)cc1. The molecule has 1 aliphatic carbocycles. The minimum Gasteiger partial charge on any atom is -0.369 e. The van der Waals surface area contributed by atoms with Crippen LogP contribution in [-0.4, -0.2) is 16.3 Å². The van der Waals surface area contributed by atoms with Gasteiger partial charge in [-0.1, -0.05) is 25.5 Å². The smallest absolute Gasteiger partial charge is 0.133 e. The molecule has 20 heavy (non-hydrogen) atoms. The second-order valence-corrected chi connectivity index (χ2v) is 5.95. The third kappa shape index (κ3) is 1.76. The number of nitrogens with zero attached hydrogens (tertiary/aromatic N) is 2. The molecule has 2 aromatic rings. The molecule has 0 amide bonds. The molecule has 0 atom stereocenters. The van der Waals surface area contributed by atoms with Crippen LogP contribution in [0.1, 0.15) is 48.9 Å². The van der Waals surface area contributed by atoms with Crippen molar-refractivity contribution in [1.29, 1.82) is 0 Å². The lowest BCUT2D eigenvalue weighted by molar-refractivity contribution is 0.407. The Morgan fingerprint density at radius 3 is 2.70 bits per heavy atom. The third-order valence-corrected chi connectivity index (χ3v) is 4.76. The summed E-state index contributed by atoms with van der Waals surface area (Å²) in [5, 5.41) is 8.45. The van der Waals surface area contributed by atoms with Gasteiger partial charge in [0.2, 0.25) is 0 Å². The van der Waals surface area contributed by atoms with Crippen molar-refractivity contribution in [2.24, 2.45) is 0 Å². The first-order valence-corrected chi connectivity index (χ1v) is 7.82. The summed E-state index contributed by atoms with van der Waals surface area (Å²) in [5.74, 6) is 1.94. The van der Waals surface area contributed by atoms with E-state index in [1.807, 2.05) is 0 Å². The molecule has 3 heteroatoms. The average molecular weight is 267 g/mol. The van der Waals surface area contributed by atoms with Gasteiger partial charge in [-0.2, -0.15) is 5.10 Å². The van der Waals surface area contributed by atoms with Crippen LogP contribution in [0.4, 0.5) is 5.82 Å². The van der Waals surface area contributed by atoms with Crippen LogP contribution in [0.5, 0.6) is 0 Å². The molecule has 0 saturated heterocycles. The lowest BCUT2D eigenvalue weighted by Gasteiger charge is -2.24. The fourth-order valence-electron chi connectivity index (χ4n) is 3.27. The minimum absolute atomic E-state index is 0.708. The van der Waals surface area contributed by atoms with E-state index in [0.717, 1.165) is 19.4 Å². The Morgan fingerprint density at radius 1 is 1.25 bits per heavy atom. The maximum atomic E-state index is 4.93. The van der Waals surface area contributed by atoms with Crippen molar-refractivity contribution in [3.8, 4) is 5.69 Å². The molecule has 1 fully saturated rings. The van der Waals surface area contributed by atoms with Gasteiger partial charge < -0.3 is 5.32 Å². The van der Waals surface area contributed by atoms with Crippen LogP contribution in [0, 0.1) is 0 Å². The highest BCUT2D eigenvalue weighted by Gasteiger charge is 2.30. The molecule has 3 nitrogen and oxygen atoms in total. The van der Waals surface area contributed by atoms with Crippen molar-refractivity contribution in [2.45, 2.75) is 44.9 Å². The number of hydrogen-bond acceptors (Lipinski definition) is 2. The average Bonchev–Trinajstić information content (AvgIpc) is 3.01. The molecule has 0 unspecified atom stereocenters. The molecule has 1 N–H and O–H groups in total. The summed E-state index contributed by atoms with van der Waals surface area (Å²) in [7, 11) is 0. The lowest BCUT2D eigenvalue weighted by atomic mass is 9.81. The van der Waals surface area contributed by atoms with Gasteiger partial charge in [-0.15, -0.1) is 0 Å². The molecule has 2 heterocycles. The van der Waals surface area contributed by atoms with Crippen LogP contribution in [0.15, 0.2) is 24.3 Å². The fourth-order valence-corrected chi connectivity index (χ4v) is 3.27. The van der Waals surface area contributed by atoms with Gasteiger partial charge in [-0.05, 0) is 43.4 Å². The second-order valence-electron chi connectivity index (χ2n) is 5.95. The Balaban J connectivity index is 1.77. The molecule has 1 aromatic carbocycles. The van der Waals surface area contributed by atoms with E-state index in [0.29, 0.717) is 5.92 Å². The largest absolute Gasteiger partial charge is 0.369 e. The third-order valence-electron chi connectivity index (χ3n) is 4.76. The summed E-state index contributed by atoms with van der Waals surface area (Å²) in [4.78, 5) is 0. The Labute approximate surface area is 120 Å². The quantitative estimate of drug-likeness (QED) is 0.919. The molecule has 1 aliphatic heterocycles. The van der Waals surface area contributed by atoms with Crippen LogP contribution in [-0.2, 0) is 12.8 Å². The zero-order chi connectivity index (χ0) is 13.5. The number of benzene rings is 1. The molecule has 2 aliphatic rings. The standard InChI is InChI=1S/C17H21N3/c1-2-12-6-8-14(9-7-12)20-17-15(10-11-18-17)16(19-20)13-4-3-5-13/h6-9,13,18H,2-5,10-11H2,1H3. The fraction of sp³-hybridized carbons (Fsp3) is 0.471. The molecule has 104 valence electrons. The minimum atomic E-state index is 0.708. The van der Waals surface area contributed by atoms with Gasteiger partial charge in [0.1, 0.15) is 5.82 Å². The number of hydrogen-bond donors (Lipinski definition) is 1. The van der Waals surface area contributed by atoms with Crippen LogP contribution < -0.4 is 5.32 Å². The van der Waals surface area contributed by atoms with Gasteiger partial charge in [-0.25, -0.2) is 4.68 Å². The highest BCUT2D eigenvalue weighted by molar-refractivity contribution is 5.58. The molecule has 0 bridgehead atoms. The number of nitrogens with one attached hydrogen (secondary N) is 1. The van der Waals surface area contributed by atoms with Gasteiger partial charge in [0.25, 0.3) is 0 Å². The van der Waals surface area contributed by atoms with Crippen molar-refractivity contribution in [1.82, 2.24) is 9.78 Å². The predicted octanol–water partition coefficient (Wildman–Crippen LogP) is 3.67. The lowest BCUT2D eigenvalue weighted by Crippen LogP contribution is -2.12. The Kier molecular flexibility index (Phi) is 2.79. The molecule has 0 spiro atoms. The normalized spacial score (nSPS) is 17.6. The Hall–Kier alpha value is -1.77. The van der Waals surface area contributed by atoms with E-state index in [-0.39, 0.29) is 0 Å². The van der Waals surface area contributed by atoms with Crippen molar-refractivity contribution < 1.29 is 0 Å². The zero-order valence-corrected chi connectivity index (χ0v) is 12.0. The number of fused-ring (bicyclic) bond motifs is 1. The summed E-state index contributed by atoms with van der Waals surface area (Å²) in [6.07, 6.45) is 6.22. The molecular formula is C17H21N3. The first-order chi connectivity index (χ1) is 9.86. The van der Waals surface area contributed by atoms with Gasteiger partial charge in [0, 0.05) is 18.0 Å². The molecule has 1 saturated carbocycles. The topological polar surface area (TPSA) is 29.9 Å². The highest BCUT2D eigenvalue weighted by atomic mass is 15.3. The van der Waals surface area contributed by atoms with Gasteiger partial charge in [0.15, 0.2) is 0 Å². The zero-order valence-electron chi connectivity index (χ0n) is 12.0. The Morgan fingerprint density at radius 2 is 2.05 bits per heavy atom. The van der Waals surface area contributed by atoms with E-state index in [2.05, 4.69) is 41.2 Å². The monoisotopic (exact) mass is 267 g/mol. The summed E-state index contributed by atoms with van der Waals surface area (Å²) in [6.45, 7) is 3.25. The van der Waals surface area contributed by atoms with E-state index in [1.165, 1.54) is 47.6 Å². The van der Waals surface area contributed by atoms with Crippen LogP contribution in [0.3, 0.4) is 0 Å². The van der Waals surface area contributed by atoms with E-state index in [1.54, 1.807) is 0 Å². The van der Waals surface area contributed by atoms with Crippen LogP contribution >= 0.6 is 0 Å². The van der Waals surface area contributed by atoms with Crippen molar-refractivity contribution >= 4 is 5.82 Å². The van der Waals surface area contributed by atoms with E-state index < -0.39 is 0 Å². The number of aromatic nitrogens is 2. The Bertz CT molecular complexity index is 620. The summed E-state index contributed by atoms with van der Waals surface area (Å²) >= 11 is 0. The van der Waals surface area contributed by atoms with Crippen LogP contribution in [0.25, 0.3) is 5.69 Å². The molecule has 4 rings (SSSR count). The second kappa shape index (κ2) is 4.65. The summed E-state index contributed by atoms with van der Waals surface area (Å²) in [5.41, 5.74) is 5.38. The number of anilines is 1. The van der Waals surface area contributed by atoms with Crippen molar-refractivity contribution in [3.05, 3.63) is 41.1 Å². The summed E-state index contributed by atoms with van der Waals surface area (Å²) < 4.78 is 2.12. The molecule has 1 aromatic heterocycles. The van der Waals surface area contributed by atoms with E-state index >= 15 is 0 Å². The van der Waals surface area contributed by atoms with E-state index in [4.69, 9.17) is 5.10 Å².